The van der Waals surface area contributed by atoms with Crippen molar-refractivity contribution in [3.05, 3.63) is 36.5 Å². The number of alkyl halides is 2. The van der Waals surface area contributed by atoms with E-state index in [0.717, 1.165) is 21.8 Å². The monoisotopic (exact) mass is 264 g/mol. The highest BCUT2D eigenvalue weighted by Crippen LogP contribution is 2.02. The molecule has 0 nitrogen and oxygen atoms in total. The summed E-state index contributed by atoms with van der Waals surface area (Å²) in [6, 6.07) is 0. The van der Waals surface area contributed by atoms with Gasteiger partial charge >= 0.3 is 0 Å². The number of hydrogen-bond acceptors (Lipinski definition) is 0. The molecule has 0 bridgehead atoms. The predicted molar refractivity (Wildman–Crippen MR) is 55.0 cm³/mol. The molecule has 0 aliphatic rings. The Hall–Kier alpha value is 0.180. The Bertz CT molecular complexity index is 139. The average Bonchev–Trinajstić information content (AvgIpc) is 1.99. The molecule has 0 N–H and O–H groups in total. The quantitative estimate of drug-likeness (QED) is 0.540. The van der Waals surface area contributed by atoms with Gasteiger partial charge in [0, 0.05) is 10.7 Å². The molecule has 0 unspecified atom stereocenters. The van der Waals surface area contributed by atoms with Gasteiger partial charge in [0.1, 0.15) is 0 Å². The molecular formula is C8H10Br2. The normalized spacial score (nSPS) is 10.2. The number of rotatable bonds is 4. The maximum Gasteiger partial charge on any atom is 0.0277 e. The van der Waals surface area contributed by atoms with Crippen molar-refractivity contribution < 1.29 is 0 Å². The summed E-state index contributed by atoms with van der Waals surface area (Å²) in [5.74, 6) is 0. The zero-order valence-corrected chi connectivity index (χ0v) is 8.91. The summed E-state index contributed by atoms with van der Waals surface area (Å²) in [7, 11) is 0. The summed E-state index contributed by atoms with van der Waals surface area (Å²) >= 11 is 6.59. The minimum Gasteiger partial charge on any atom is -0.0950 e. The van der Waals surface area contributed by atoms with Gasteiger partial charge in [0.25, 0.3) is 0 Å². The molecule has 10 heavy (non-hydrogen) atoms. The van der Waals surface area contributed by atoms with Crippen LogP contribution < -0.4 is 0 Å². The standard InChI is InChI=1S/C8H10Br2/c1-7(5-9)3-4-8(2)6-10/h3-4H,1-2,5-6H2/b4-3-. The minimum atomic E-state index is 0.819. The molecule has 0 aromatic carbocycles. The largest absolute Gasteiger partial charge is 0.0950 e. The molecule has 0 fully saturated rings. The molecule has 0 rings (SSSR count). The van der Waals surface area contributed by atoms with Crippen molar-refractivity contribution in [3.63, 3.8) is 0 Å². The zero-order chi connectivity index (χ0) is 7.98. The molecule has 0 heterocycles. The molecule has 56 valence electrons. The summed E-state index contributed by atoms with van der Waals surface area (Å²) in [5.41, 5.74) is 2.12. The van der Waals surface area contributed by atoms with E-state index in [1.165, 1.54) is 0 Å². The molecular weight excluding hydrogens is 256 g/mol. The van der Waals surface area contributed by atoms with Gasteiger partial charge < -0.3 is 0 Å². The third-order valence-corrected chi connectivity index (χ3v) is 2.34. The number of hydrogen-bond donors (Lipinski definition) is 0. The second-order valence-electron chi connectivity index (χ2n) is 1.92. The Morgan fingerprint density at radius 1 is 1.00 bits per heavy atom. The highest BCUT2D eigenvalue weighted by molar-refractivity contribution is 9.09. The molecule has 0 aliphatic carbocycles. The Morgan fingerprint density at radius 2 is 1.30 bits per heavy atom. The summed E-state index contributed by atoms with van der Waals surface area (Å²) < 4.78 is 0. The van der Waals surface area contributed by atoms with E-state index >= 15 is 0 Å². The average molecular weight is 266 g/mol. The van der Waals surface area contributed by atoms with Gasteiger partial charge in [-0.15, -0.1) is 0 Å². The number of halogens is 2. The van der Waals surface area contributed by atoms with Gasteiger partial charge in [-0.25, -0.2) is 0 Å². The van der Waals surface area contributed by atoms with Crippen LogP contribution in [0.4, 0.5) is 0 Å². The van der Waals surface area contributed by atoms with Crippen LogP contribution in [0.15, 0.2) is 36.5 Å². The lowest BCUT2D eigenvalue weighted by molar-refractivity contribution is 1.54. The first kappa shape index (κ1) is 10.2. The van der Waals surface area contributed by atoms with Crippen LogP contribution in [0.2, 0.25) is 0 Å². The lowest BCUT2D eigenvalue weighted by Crippen LogP contribution is -1.77. The summed E-state index contributed by atoms with van der Waals surface area (Å²) in [4.78, 5) is 0. The van der Waals surface area contributed by atoms with E-state index < -0.39 is 0 Å². The highest BCUT2D eigenvalue weighted by Gasteiger charge is 1.84. The van der Waals surface area contributed by atoms with E-state index in [9.17, 15) is 0 Å². The van der Waals surface area contributed by atoms with Gasteiger partial charge in [-0.1, -0.05) is 57.2 Å². The molecule has 0 aliphatic heterocycles. The van der Waals surface area contributed by atoms with Crippen molar-refractivity contribution in [2.24, 2.45) is 0 Å². The lowest BCUT2D eigenvalue weighted by Gasteiger charge is -1.91. The Morgan fingerprint density at radius 3 is 1.50 bits per heavy atom. The zero-order valence-electron chi connectivity index (χ0n) is 5.74. The van der Waals surface area contributed by atoms with Crippen molar-refractivity contribution in [3.8, 4) is 0 Å². The van der Waals surface area contributed by atoms with Crippen LogP contribution in [0.3, 0.4) is 0 Å². The Balaban J connectivity index is 3.75. The summed E-state index contributed by atoms with van der Waals surface area (Å²) in [6.07, 6.45) is 3.91. The Kier molecular flexibility index (Phi) is 6.03. The smallest absolute Gasteiger partial charge is 0.0277 e. The maximum absolute atomic E-state index is 3.79. The molecule has 0 radical (unpaired) electrons. The number of allylic oxidation sites excluding steroid dienone is 4. The van der Waals surface area contributed by atoms with Crippen molar-refractivity contribution in [2.75, 3.05) is 10.7 Å². The van der Waals surface area contributed by atoms with Crippen molar-refractivity contribution in [1.29, 1.82) is 0 Å². The topological polar surface area (TPSA) is 0 Å². The molecule has 0 atom stereocenters. The summed E-state index contributed by atoms with van der Waals surface area (Å²) in [5, 5.41) is 1.64. The van der Waals surface area contributed by atoms with Gasteiger partial charge in [-0.3, -0.25) is 0 Å². The fourth-order valence-electron chi connectivity index (χ4n) is 0.325. The molecule has 0 aromatic rings. The van der Waals surface area contributed by atoms with Crippen molar-refractivity contribution >= 4 is 31.9 Å². The second kappa shape index (κ2) is 5.93. The van der Waals surface area contributed by atoms with E-state index in [-0.39, 0.29) is 0 Å². The van der Waals surface area contributed by atoms with Crippen LogP contribution in [0, 0.1) is 0 Å². The van der Waals surface area contributed by atoms with E-state index in [4.69, 9.17) is 0 Å². The van der Waals surface area contributed by atoms with Gasteiger partial charge in [0.15, 0.2) is 0 Å². The van der Waals surface area contributed by atoms with Gasteiger partial charge in [0.2, 0.25) is 0 Å². The first-order valence-corrected chi connectivity index (χ1v) is 5.10. The predicted octanol–water partition coefficient (Wildman–Crippen LogP) is 3.44. The van der Waals surface area contributed by atoms with Crippen LogP contribution >= 0.6 is 31.9 Å². The maximum atomic E-state index is 3.79. The lowest BCUT2D eigenvalue weighted by atomic mass is 10.2. The molecule has 0 saturated carbocycles. The van der Waals surface area contributed by atoms with Gasteiger partial charge in [-0.2, -0.15) is 0 Å². The van der Waals surface area contributed by atoms with E-state index in [2.05, 4.69) is 45.0 Å². The van der Waals surface area contributed by atoms with Crippen LogP contribution in [0.1, 0.15) is 0 Å². The minimum absolute atomic E-state index is 0.819. The molecule has 0 aromatic heterocycles. The first-order chi connectivity index (χ1) is 4.70. The van der Waals surface area contributed by atoms with Crippen molar-refractivity contribution in [1.82, 2.24) is 0 Å². The molecule has 0 amide bonds. The van der Waals surface area contributed by atoms with Gasteiger partial charge in [0.05, 0.1) is 0 Å². The summed E-state index contributed by atoms with van der Waals surface area (Å²) in [6.45, 7) is 7.58. The van der Waals surface area contributed by atoms with Crippen LogP contribution in [0.5, 0.6) is 0 Å². The van der Waals surface area contributed by atoms with E-state index in [0.29, 0.717) is 0 Å². The van der Waals surface area contributed by atoms with Crippen LogP contribution in [0.25, 0.3) is 0 Å². The second-order valence-corrected chi connectivity index (χ2v) is 3.04. The first-order valence-electron chi connectivity index (χ1n) is 2.86. The molecule has 0 saturated heterocycles. The third-order valence-electron chi connectivity index (χ3n) is 0.898. The van der Waals surface area contributed by atoms with Crippen molar-refractivity contribution in [2.45, 2.75) is 0 Å². The van der Waals surface area contributed by atoms with Crippen LogP contribution in [-0.4, -0.2) is 10.7 Å². The fourth-order valence-corrected chi connectivity index (χ4v) is 0.699. The fraction of sp³-hybridized carbons (Fsp3) is 0.250. The third kappa shape index (κ3) is 5.00. The SMILES string of the molecule is C=C(/C=C\C(=C)CBr)CBr. The highest BCUT2D eigenvalue weighted by atomic mass is 79.9. The molecule has 0 spiro atoms. The van der Waals surface area contributed by atoms with Crippen LogP contribution in [-0.2, 0) is 0 Å². The van der Waals surface area contributed by atoms with Gasteiger partial charge in [-0.05, 0) is 11.1 Å². The molecule has 2 heteroatoms. The Labute approximate surface area is 79.0 Å². The van der Waals surface area contributed by atoms with E-state index in [1.807, 2.05) is 12.2 Å². The van der Waals surface area contributed by atoms with E-state index in [1.54, 1.807) is 0 Å².